The molecule has 0 heterocycles. The zero-order valence-corrected chi connectivity index (χ0v) is 7.09. The number of hydrogen-bond donors (Lipinski definition) is 1. The van der Waals surface area contributed by atoms with Crippen molar-refractivity contribution in [1.82, 2.24) is 5.32 Å². The fraction of sp³-hybridized carbons (Fsp3) is 0.750. The van der Waals surface area contributed by atoms with Crippen molar-refractivity contribution in [2.75, 3.05) is 0 Å². The summed E-state index contributed by atoms with van der Waals surface area (Å²) in [6.45, 7) is 3.49. The third kappa shape index (κ3) is 5.58. The summed E-state index contributed by atoms with van der Waals surface area (Å²) in [6, 6.07) is 0.0370. The quantitative estimate of drug-likeness (QED) is 0.602. The van der Waals surface area contributed by atoms with Gasteiger partial charge < -0.3 is 10.1 Å². The molecule has 3 nitrogen and oxygen atoms in total. The Morgan fingerprint density at radius 3 is 2.64 bits per heavy atom. The van der Waals surface area contributed by atoms with Crippen LogP contribution in [0.5, 0.6) is 0 Å². The van der Waals surface area contributed by atoms with E-state index in [-0.39, 0.29) is 11.9 Å². The molecule has 0 aromatic carbocycles. The van der Waals surface area contributed by atoms with E-state index in [4.69, 9.17) is 0 Å². The van der Waals surface area contributed by atoms with E-state index >= 15 is 0 Å². The number of carbonyl (C=O) groups is 2. The second-order valence-electron chi connectivity index (χ2n) is 2.59. The van der Waals surface area contributed by atoms with E-state index in [0.29, 0.717) is 6.42 Å². The first-order chi connectivity index (χ1) is 5.20. The van der Waals surface area contributed by atoms with E-state index in [1.54, 1.807) is 0 Å². The molecule has 0 fully saturated rings. The van der Waals surface area contributed by atoms with E-state index in [1.807, 2.05) is 6.92 Å². The van der Waals surface area contributed by atoms with Crippen molar-refractivity contribution in [1.29, 1.82) is 0 Å². The SMILES string of the molecule is CCCC(CC=O)NC(C)=O. The summed E-state index contributed by atoms with van der Waals surface area (Å²) in [7, 11) is 0. The Morgan fingerprint density at radius 1 is 1.64 bits per heavy atom. The Bertz CT molecular complexity index is 134. The topological polar surface area (TPSA) is 46.2 Å². The molecule has 11 heavy (non-hydrogen) atoms. The maximum Gasteiger partial charge on any atom is 0.217 e. The first-order valence-electron chi connectivity index (χ1n) is 3.91. The summed E-state index contributed by atoms with van der Waals surface area (Å²) in [4.78, 5) is 20.7. The highest BCUT2D eigenvalue weighted by Crippen LogP contribution is 1.98. The van der Waals surface area contributed by atoms with Crippen LogP contribution < -0.4 is 5.32 Å². The maximum absolute atomic E-state index is 10.6. The van der Waals surface area contributed by atoms with Gasteiger partial charge >= 0.3 is 0 Å². The van der Waals surface area contributed by atoms with Crippen molar-refractivity contribution in [2.45, 2.75) is 39.2 Å². The Balaban J connectivity index is 3.67. The molecule has 1 amide bonds. The summed E-state index contributed by atoms with van der Waals surface area (Å²) in [5, 5.41) is 2.71. The van der Waals surface area contributed by atoms with Crippen LogP contribution in [0.4, 0.5) is 0 Å². The monoisotopic (exact) mass is 157 g/mol. The smallest absolute Gasteiger partial charge is 0.217 e. The average molecular weight is 157 g/mol. The molecule has 3 heteroatoms. The molecule has 64 valence electrons. The zero-order chi connectivity index (χ0) is 8.69. The lowest BCUT2D eigenvalue weighted by Gasteiger charge is -2.12. The third-order valence-electron chi connectivity index (χ3n) is 1.43. The molecule has 1 atom stereocenters. The van der Waals surface area contributed by atoms with Gasteiger partial charge in [-0.15, -0.1) is 0 Å². The fourth-order valence-electron chi connectivity index (χ4n) is 1.00. The Morgan fingerprint density at radius 2 is 2.27 bits per heavy atom. The molecular weight excluding hydrogens is 142 g/mol. The molecule has 0 radical (unpaired) electrons. The second kappa shape index (κ2) is 5.89. The summed E-state index contributed by atoms with van der Waals surface area (Å²) < 4.78 is 0. The van der Waals surface area contributed by atoms with Gasteiger partial charge in [-0.05, 0) is 6.42 Å². The number of carbonyl (C=O) groups excluding carboxylic acids is 2. The zero-order valence-electron chi connectivity index (χ0n) is 7.09. The van der Waals surface area contributed by atoms with Gasteiger partial charge in [0.2, 0.25) is 5.91 Å². The van der Waals surface area contributed by atoms with Crippen molar-refractivity contribution in [3.8, 4) is 0 Å². The number of amides is 1. The normalized spacial score (nSPS) is 12.2. The predicted molar refractivity (Wildman–Crippen MR) is 43.2 cm³/mol. The molecular formula is C8H15NO2. The molecule has 0 aliphatic rings. The number of nitrogens with one attached hydrogen (secondary N) is 1. The third-order valence-corrected chi connectivity index (χ3v) is 1.43. The van der Waals surface area contributed by atoms with E-state index in [0.717, 1.165) is 19.1 Å². The van der Waals surface area contributed by atoms with E-state index in [1.165, 1.54) is 6.92 Å². The van der Waals surface area contributed by atoms with Crippen LogP contribution in [0.25, 0.3) is 0 Å². The van der Waals surface area contributed by atoms with Crippen molar-refractivity contribution >= 4 is 12.2 Å². The van der Waals surface area contributed by atoms with Gasteiger partial charge in [0.1, 0.15) is 6.29 Å². The lowest BCUT2D eigenvalue weighted by molar-refractivity contribution is -0.119. The number of rotatable bonds is 5. The van der Waals surface area contributed by atoms with Crippen molar-refractivity contribution in [2.24, 2.45) is 0 Å². The molecule has 0 bridgehead atoms. The van der Waals surface area contributed by atoms with Gasteiger partial charge in [-0.25, -0.2) is 0 Å². The molecule has 0 rings (SSSR count). The summed E-state index contributed by atoms with van der Waals surface area (Å²) >= 11 is 0. The van der Waals surface area contributed by atoms with Gasteiger partial charge in [-0.3, -0.25) is 4.79 Å². The molecule has 0 saturated carbocycles. The highest BCUT2D eigenvalue weighted by atomic mass is 16.1. The number of aldehydes is 1. The Hall–Kier alpha value is -0.860. The Labute approximate surface area is 67.2 Å². The van der Waals surface area contributed by atoms with E-state index < -0.39 is 0 Å². The van der Waals surface area contributed by atoms with Gasteiger partial charge in [0.25, 0.3) is 0 Å². The lowest BCUT2D eigenvalue weighted by atomic mass is 10.1. The van der Waals surface area contributed by atoms with E-state index in [9.17, 15) is 9.59 Å². The van der Waals surface area contributed by atoms with Crippen LogP contribution in [0.1, 0.15) is 33.1 Å². The van der Waals surface area contributed by atoms with Crippen LogP contribution in [0.2, 0.25) is 0 Å². The van der Waals surface area contributed by atoms with Crippen molar-refractivity contribution in [3.63, 3.8) is 0 Å². The average Bonchev–Trinajstić information content (AvgIpc) is 1.87. The van der Waals surface area contributed by atoms with Gasteiger partial charge in [0.15, 0.2) is 0 Å². The molecule has 0 aromatic heterocycles. The minimum atomic E-state index is -0.0645. The summed E-state index contributed by atoms with van der Waals surface area (Å²) in [6.07, 6.45) is 3.13. The lowest BCUT2D eigenvalue weighted by Crippen LogP contribution is -2.33. The minimum Gasteiger partial charge on any atom is -0.353 e. The van der Waals surface area contributed by atoms with Crippen molar-refractivity contribution < 1.29 is 9.59 Å². The second-order valence-corrected chi connectivity index (χ2v) is 2.59. The largest absolute Gasteiger partial charge is 0.353 e. The first kappa shape index (κ1) is 10.1. The number of hydrogen-bond acceptors (Lipinski definition) is 2. The van der Waals surface area contributed by atoms with Crippen LogP contribution in [0.15, 0.2) is 0 Å². The highest BCUT2D eigenvalue weighted by molar-refractivity contribution is 5.73. The molecule has 0 aromatic rings. The molecule has 1 N–H and O–H groups in total. The van der Waals surface area contributed by atoms with Crippen LogP contribution >= 0.6 is 0 Å². The minimum absolute atomic E-state index is 0.0370. The maximum atomic E-state index is 10.6. The van der Waals surface area contributed by atoms with Gasteiger partial charge in [-0.2, -0.15) is 0 Å². The molecule has 1 unspecified atom stereocenters. The molecule has 0 spiro atoms. The molecule has 0 aliphatic heterocycles. The first-order valence-corrected chi connectivity index (χ1v) is 3.91. The van der Waals surface area contributed by atoms with Crippen LogP contribution in [0, 0.1) is 0 Å². The summed E-state index contributed by atoms with van der Waals surface area (Å²) in [5.41, 5.74) is 0. The van der Waals surface area contributed by atoms with Crippen LogP contribution in [-0.2, 0) is 9.59 Å². The fourth-order valence-corrected chi connectivity index (χ4v) is 1.00. The van der Waals surface area contributed by atoms with Crippen molar-refractivity contribution in [3.05, 3.63) is 0 Å². The van der Waals surface area contributed by atoms with Crippen LogP contribution in [-0.4, -0.2) is 18.2 Å². The highest BCUT2D eigenvalue weighted by Gasteiger charge is 2.06. The van der Waals surface area contributed by atoms with Gasteiger partial charge in [0.05, 0.1) is 0 Å². The predicted octanol–water partition coefficient (Wildman–Crippen LogP) is 0.880. The van der Waals surface area contributed by atoms with Gasteiger partial charge in [-0.1, -0.05) is 13.3 Å². The molecule has 0 aliphatic carbocycles. The van der Waals surface area contributed by atoms with Gasteiger partial charge in [0, 0.05) is 19.4 Å². The summed E-state index contributed by atoms with van der Waals surface area (Å²) in [5.74, 6) is -0.0645. The molecule has 0 saturated heterocycles. The standard InChI is InChI=1S/C8H15NO2/c1-3-4-8(5-6-10)9-7(2)11/h6,8H,3-5H2,1-2H3,(H,9,11). The van der Waals surface area contributed by atoms with Crippen LogP contribution in [0.3, 0.4) is 0 Å². The van der Waals surface area contributed by atoms with E-state index in [2.05, 4.69) is 5.32 Å². The Kier molecular flexibility index (Phi) is 5.43.